The monoisotopic (exact) mass is 465 g/mol. The molecule has 0 bridgehead atoms. The van der Waals surface area contributed by atoms with Gasteiger partial charge in [0.2, 0.25) is 5.75 Å². The van der Waals surface area contributed by atoms with Crippen molar-refractivity contribution in [1.29, 1.82) is 0 Å². The number of methoxy groups -OCH3 is 2. The molecule has 2 aromatic rings. The summed E-state index contributed by atoms with van der Waals surface area (Å²) < 4.78 is 17.2. The molecule has 4 rings (SSSR count). The summed E-state index contributed by atoms with van der Waals surface area (Å²) in [6.07, 6.45) is 10.9. The molecule has 1 aliphatic heterocycles. The third-order valence-electron chi connectivity index (χ3n) is 5.91. The van der Waals surface area contributed by atoms with Crippen LogP contribution in [0, 0.1) is 12.3 Å². The minimum Gasteiger partial charge on any atom is -0.502 e. The number of hydrogen-bond donors (Lipinski definition) is 1. The van der Waals surface area contributed by atoms with Crippen LogP contribution in [0.1, 0.15) is 24.0 Å². The second-order valence-corrected chi connectivity index (χ2v) is 8.15. The Bertz CT molecular complexity index is 1150. The van der Waals surface area contributed by atoms with Gasteiger partial charge in [-0.25, -0.2) is 0 Å². The van der Waals surface area contributed by atoms with Gasteiger partial charge in [0, 0.05) is 16.2 Å². The lowest BCUT2D eigenvalue weighted by atomic mass is 9.87. The Hall–Kier alpha value is -3.40. The van der Waals surface area contributed by atoms with Crippen LogP contribution in [0.4, 0.5) is 0 Å². The molecule has 0 saturated carbocycles. The van der Waals surface area contributed by atoms with Gasteiger partial charge in [-0.05, 0) is 48.2 Å². The molecular formula is C26H24ClNO5. The van der Waals surface area contributed by atoms with Crippen molar-refractivity contribution in [2.75, 3.05) is 20.8 Å². The lowest BCUT2D eigenvalue weighted by Crippen LogP contribution is -2.48. The van der Waals surface area contributed by atoms with Crippen LogP contribution in [0.25, 0.3) is 0 Å². The van der Waals surface area contributed by atoms with E-state index in [0.29, 0.717) is 22.6 Å². The second kappa shape index (κ2) is 9.22. The van der Waals surface area contributed by atoms with Gasteiger partial charge in [-0.3, -0.25) is 9.69 Å². The Kier molecular flexibility index (Phi) is 6.37. The van der Waals surface area contributed by atoms with Crippen LogP contribution in [-0.2, 0) is 21.9 Å². The lowest BCUT2D eigenvalue weighted by Gasteiger charge is -2.40. The van der Waals surface area contributed by atoms with Gasteiger partial charge < -0.3 is 19.3 Å². The van der Waals surface area contributed by atoms with Crippen LogP contribution in [0.3, 0.4) is 0 Å². The predicted octanol–water partition coefficient (Wildman–Crippen LogP) is 4.55. The number of phenolic OH excluding ortho intramolecular Hbond substituents is 1. The van der Waals surface area contributed by atoms with Gasteiger partial charge in [-0.1, -0.05) is 41.8 Å². The Morgan fingerprint density at radius 1 is 1.18 bits per heavy atom. The van der Waals surface area contributed by atoms with Crippen molar-refractivity contribution < 1.29 is 24.1 Å². The summed E-state index contributed by atoms with van der Waals surface area (Å²) in [7, 11) is 2.92. The quantitative estimate of drug-likeness (QED) is 0.607. The molecule has 6 nitrogen and oxygen atoms in total. The number of ether oxygens (including phenoxy) is 3. The van der Waals surface area contributed by atoms with Crippen LogP contribution >= 0.6 is 11.6 Å². The van der Waals surface area contributed by atoms with Crippen molar-refractivity contribution in [2.24, 2.45) is 0 Å². The van der Waals surface area contributed by atoms with Crippen LogP contribution in [-0.4, -0.2) is 36.7 Å². The number of aromatic hydroxyl groups is 1. The minimum absolute atomic E-state index is 0.0739. The molecule has 0 spiro atoms. The second-order valence-electron chi connectivity index (χ2n) is 7.72. The summed E-state index contributed by atoms with van der Waals surface area (Å²) >= 11 is 6.15. The summed E-state index contributed by atoms with van der Waals surface area (Å²) in [6, 6.07) is 10.6. The van der Waals surface area contributed by atoms with E-state index in [-0.39, 0.29) is 36.3 Å². The van der Waals surface area contributed by atoms with Crippen LogP contribution in [0.5, 0.6) is 17.2 Å². The maximum atomic E-state index is 13.4. The van der Waals surface area contributed by atoms with Crippen molar-refractivity contribution in [1.82, 2.24) is 4.90 Å². The van der Waals surface area contributed by atoms with E-state index in [1.165, 1.54) is 14.2 Å². The molecule has 0 aromatic heterocycles. The number of nitrogens with zero attached hydrogens (tertiary/aromatic N) is 1. The van der Waals surface area contributed by atoms with Crippen molar-refractivity contribution in [3.05, 3.63) is 75.8 Å². The number of halogens is 1. The lowest BCUT2D eigenvalue weighted by molar-refractivity contribution is -0.159. The fraction of sp³-hybridized carbons (Fsp3) is 0.269. The fourth-order valence-corrected chi connectivity index (χ4v) is 4.54. The van der Waals surface area contributed by atoms with Crippen molar-refractivity contribution in [3.63, 3.8) is 0 Å². The van der Waals surface area contributed by atoms with Crippen molar-refractivity contribution in [2.45, 2.75) is 25.2 Å². The van der Waals surface area contributed by atoms with Gasteiger partial charge >= 0.3 is 0 Å². The molecule has 33 heavy (non-hydrogen) atoms. The first-order valence-electron chi connectivity index (χ1n) is 10.5. The molecule has 170 valence electrons. The summed E-state index contributed by atoms with van der Waals surface area (Å²) in [6.45, 7) is 0.176. The fourth-order valence-electron chi connectivity index (χ4n) is 4.42. The smallest absolute Gasteiger partial charge is 0.257 e. The van der Waals surface area contributed by atoms with E-state index in [2.05, 4.69) is 5.92 Å². The van der Waals surface area contributed by atoms with E-state index >= 15 is 0 Å². The van der Waals surface area contributed by atoms with E-state index in [9.17, 15) is 9.90 Å². The topological polar surface area (TPSA) is 68.2 Å². The number of phenols is 1. The van der Waals surface area contributed by atoms with Crippen LogP contribution in [0.2, 0.25) is 5.02 Å². The van der Waals surface area contributed by atoms with E-state index in [0.717, 1.165) is 17.6 Å². The minimum atomic E-state index is -1.19. The number of benzene rings is 2. The van der Waals surface area contributed by atoms with E-state index in [4.69, 9.17) is 32.2 Å². The Morgan fingerprint density at radius 3 is 2.45 bits per heavy atom. The number of hydrogen-bond acceptors (Lipinski definition) is 5. The molecule has 2 aromatic carbocycles. The summed E-state index contributed by atoms with van der Waals surface area (Å²) in [5.41, 5.74) is 1.74. The number of rotatable bonds is 7. The van der Waals surface area contributed by atoms with Crippen LogP contribution in [0.15, 0.2) is 59.7 Å². The Balaban J connectivity index is 1.84. The molecule has 0 radical (unpaired) electrons. The molecular weight excluding hydrogens is 442 g/mol. The Morgan fingerprint density at radius 2 is 1.85 bits per heavy atom. The number of terminal acetylenes is 1. The highest BCUT2D eigenvalue weighted by molar-refractivity contribution is 6.30. The first-order chi connectivity index (χ1) is 16.0. The van der Waals surface area contributed by atoms with E-state index in [1.54, 1.807) is 29.2 Å². The molecule has 1 heterocycles. The number of amides is 1. The maximum absolute atomic E-state index is 13.4. The zero-order valence-electron chi connectivity index (χ0n) is 18.4. The van der Waals surface area contributed by atoms with Gasteiger partial charge in [0.1, 0.15) is 0 Å². The summed E-state index contributed by atoms with van der Waals surface area (Å²) in [5, 5.41) is 10.8. The number of allylic oxidation sites excluding steroid dienone is 1. The zero-order valence-corrected chi connectivity index (χ0v) is 19.2. The van der Waals surface area contributed by atoms with Gasteiger partial charge in [0.05, 0.1) is 27.4 Å². The average molecular weight is 466 g/mol. The predicted molar refractivity (Wildman–Crippen MR) is 125 cm³/mol. The molecule has 7 heteroatoms. The maximum Gasteiger partial charge on any atom is 0.257 e. The normalized spacial score (nSPS) is 19.5. The summed E-state index contributed by atoms with van der Waals surface area (Å²) in [4.78, 5) is 15.0. The average Bonchev–Trinajstić information content (AvgIpc) is 3.08. The number of carbonyl (C=O) groups is 1. The third kappa shape index (κ3) is 3.84. The highest BCUT2D eigenvalue weighted by atomic mass is 35.5. The molecule has 1 atom stereocenters. The molecule has 1 amide bonds. The van der Waals surface area contributed by atoms with E-state index < -0.39 is 5.72 Å². The van der Waals surface area contributed by atoms with Gasteiger partial charge in [0.15, 0.2) is 17.2 Å². The highest BCUT2D eigenvalue weighted by Gasteiger charge is 2.53. The molecule has 0 fully saturated rings. The van der Waals surface area contributed by atoms with Gasteiger partial charge in [0.25, 0.3) is 5.91 Å². The van der Waals surface area contributed by atoms with Gasteiger partial charge in [-0.2, -0.15) is 0 Å². The Labute approximate surface area is 198 Å². The summed E-state index contributed by atoms with van der Waals surface area (Å²) in [5.74, 6) is 2.86. The highest BCUT2D eigenvalue weighted by Crippen LogP contribution is 2.49. The first-order valence-corrected chi connectivity index (χ1v) is 10.8. The standard InChI is InChI=1S/C26H24ClNO5/c1-4-13-28-25(30)20-7-5-6-8-21(20)26(28,18-9-11-19(27)12-10-18)33-16-17-14-22(31-2)24(29)23(15-17)32-3/h1,5,7,9-12,14-15,29H,6,8,13,16H2,2-3H3. The first kappa shape index (κ1) is 22.8. The molecule has 0 saturated heterocycles. The molecule has 1 N–H and O–H groups in total. The molecule has 1 aliphatic carbocycles. The molecule has 1 unspecified atom stereocenters. The zero-order chi connectivity index (χ0) is 23.6. The number of carbonyl (C=O) groups excluding carboxylic acids is 1. The third-order valence-corrected chi connectivity index (χ3v) is 6.16. The largest absolute Gasteiger partial charge is 0.502 e. The molecule has 2 aliphatic rings. The van der Waals surface area contributed by atoms with Gasteiger partial charge in [-0.15, -0.1) is 6.42 Å². The van der Waals surface area contributed by atoms with Crippen molar-refractivity contribution in [3.8, 4) is 29.6 Å². The SMILES string of the molecule is C#CCN1C(=O)C2=C(CCC=C2)C1(OCc1cc(OC)c(O)c(OC)c1)c1ccc(Cl)cc1. The van der Waals surface area contributed by atoms with Crippen molar-refractivity contribution >= 4 is 17.5 Å². The van der Waals surface area contributed by atoms with Crippen LogP contribution < -0.4 is 9.47 Å². The van der Waals surface area contributed by atoms with E-state index in [1.807, 2.05) is 24.3 Å².